The molecule has 9 aromatic rings. The van der Waals surface area contributed by atoms with Gasteiger partial charge in [0, 0.05) is 33.2 Å². The Morgan fingerprint density at radius 2 is 0.958 bits per heavy atom. The Bertz CT molecular complexity index is 2790. The van der Waals surface area contributed by atoms with Crippen molar-refractivity contribution in [3.63, 3.8) is 0 Å². The Labute approximate surface area is 286 Å². The van der Waals surface area contributed by atoms with Crippen LogP contribution in [0.3, 0.4) is 0 Å². The molecule has 0 amide bonds. The number of nitrogens with zero attached hydrogens (tertiary/aromatic N) is 1. The van der Waals surface area contributed by atoms with Crippen LogP contribution in [0.5, 0.6) is 0 Å². The molecule has 0 saturated heterocycles. The van der Waals surface area contributed by atoms with E-state index in [9.17, 15) is 0 Å². The molecule has 0 N–H and O–H groups in total. The summed E-state index contributed by atoms with van der Waals surface area (Å²) in [6.07, 6.45) is 0. The zero-order valence-corrected chi connectivity index (χ0v) is 25.9. The van der Waals surface area contributed by atoms with E-state index in [1.807, 2.05) is 36.4 Å². The summed E-state index contributed by atoms with van der Waals surface area (Å²) in [5.74, 6) is 0. The molecule has 0 unspecified atom stereocenters. The molecule has 9 rings (SSSR count). The highest BCUT2D eigenvalue weighted by Gasteiger charge is 2.17. The third-order valence-corrected chi connectivity index (χ3v) is 8.95. The van der Waals surface area contributed by atoms with Crippen LogP contribution in [0.2, 0.25) is 0 Å². The summed E-state index contributed by atoms with van der Waals surface area (Å²) in [6, 6.07) is 52.2. The SMILES string of the molecule is [2H]c1c([2H])c([2H])c(-c2ccc3oc4c5ccccc5c(-c5ccc(N(c6ccccc6)c6ccc(-c7ccccc7)cc6)cc5)cc4c3c2)c([2H])c1[2H]. The first kappa shape index (κ1) is 23.0. The van der Waals surface area contributed by atoms with Crippen LogP contribution >= 0.6 is 0 Å². The van der Waals surface area contributed by atoms with Crippen molar-refractivity contribution in [1.29, 1.82) is 0 Å². The first-order chi connectivity index (χ1) is 25.9. The molecular weight excluding hydrogens is 583 g/mol. The van der Waals surface area contributed by atoms with E-state index in [4.69, 9.17) is 11.3 Å². The summed E-state index contributed by atoms with van der Waals surface area (Å²) in [5.41, 5.74) is 9.64. The van der Waals surface area contributed by atoms with Gasteiger partial charge in [0.1, 0.15) is 11.2 Å². The molecule has 226 valence electrons. The van der Waals surface area contributed by atoms with Gasteiger partial charge < -0.3 is 9.32 Å². The first-order valence-electron chi connectivity index (χ1n) is 18.4. The third kappa shape index (κ3) is 4.92. The number of benzene rings is 8. The maximum Gasteiger partial charge on any atom is 0.143 e. The lowest BCUT2D eigenvalue weighted by atomic mass is 9.94. The highest BCUT2D eigenvalue weighted by atomic mass is 16.3. The highest BCUT2D eigenvalue weighted by molar-refractivity contribution is 6.19. The van der Waals surface area contributed by atoms with E-state index in [2.05, 4.69) is 120 Å². The average Bonchev–Trinajstić information content (AvgIpc) is 3.59. The standard InChI is InChI=1S/C46H31NO/c1-4-12-32(13-5-1)34-20-25-38(26-21-34)47(37-16-8-3-9-17-37)39-27-22-35(23-28-39)42-31-44-43-30-36(33-14-6-2-7-15-33)24-29-45(43)48-46(44)41-19-11-10-18-40(41)42/h1-31H/i2D,6D,7D,14D,15D. The molecule has 0 saturated carbocycles. The monoisotopic (exact) mass is 618 g/mol. The highest BCUT2D eigenvalue weighted by Crippen LogP contribution is 2.42. The summed E-state index contributed by atoms with van der Waals surface area (Å²) in [4.78, 5) is 2.25. The molecule has 0 spiro atoms. The Morgan fingerprint density at radius 3 is 1.67 bits per heavy atom. The Hall–Kier alpha value is -6.38. The lowest BCUT2D eigenvalue weighted by Crippen LogP contribution is -2.09. The van der Waals surface area contributed by atoms with Crippen LogP contribution in [0.4, 0.5) is 17.1 Å². The quantitative estimate of drug-likeness (QED) is 0.184. The number of anilines is 3. The van der Waals surface area contributed by atoms with Crippen LogP contribution in [0.15, 0.2) is 192 Å². The van der Waals surface area contributed by atoms with Crippen LogP contribution in [0.25, 0.3) is 66.1 Å². The molecular formula is C46H31NO. The molecule has 0 aliphatic carbocycles. The first-order valence-corrected chi connectivity index (χ1v) is 15.9. The van der Waals surface area contributed by atoms with E-state index < -0.39 is 6.04 Å². The van der Waals surface area contributed by atoms with Gasteiger partial charge in [0.25, 0.3) is 0 Å². The molecule has 48 heavy (non-hydrogen) atoms. The van der Waals surface area contributed by atoms with Crippen molar-refractivity contribution in [2.75, 3.05) is 4.90 Å². The van der Waals surface area contributed by atoms with Crippen LogP contribution < -0.4 is 4.90 Å². The van der Waals surface area contributed by atoms with E-state index in [-0.39, 0.29) is 29.7 Å². The normalized spacial score (nSPS) is 12.8. The van der Waals surface area contributed by atoms with Crippen molar-refractivity contribution >= 4 is 49.8 Å². The lowest BCUT2D eigenvalue weighted by Gasteiger charge is -2.26. The fraction of sp³-hybridized carbons (Fsp3) is 0. The van der Waals surface area contributed by atoms with Gasteiger partial charge in [-0.3, -0.25) is 0 Å². The minimum Gasteiger partial charge on any atom is -0.455 e. The second-order valence-corrected chi connectivity index (χ2v) is 11.8. The second kappa shape index (κ2) is 11.8. The van der Waals surface area contributed by atoms with Crippen LogP contribution in [0, 0.1) is 0 Å². The van der Waals surface area contributed by atoms with Crippen molar-refractivity contribution in [1.82, 2.24) is 0 Å². The summed E-state index contributed by atoms with van der Waals surface area (Å²) in [5, 5.41) is 3.71. The van der Waals surface area contributed by atoms with Crippen molar-refractivity contribution in [3.05, 3.63) is 188 Å². The molecule has 0 aliphatic rings. The third-order valence-electron chi connectivity index (χ3n) is 8.95. The molecule has 2 nitrogen and oxygen atoms in total. The minimum atomic E-state index is -0.409. The predicted molar refractivity (Wildman–Crippen MR) is 202 cm³/mol. The van der Waals surface area contributed by atoms with Gasteiger partial charge in [-0.05, 0) is 93.4 Å². The number of hydrogen-bond acceptors (Lipinski definition) is 2. The molecule has 1 aromatic heterocycles. The summed E-state index contributed by atoms with van der Waals surface area (Å²) in [7, 11) is 0. The summed E-state index contributed by atoms with van der Waals surface area (Å²) in [6.45, 7) is 0. The van der Waals surface area contributed by atoms with E-state index in [1.165, 1.54) is 5.56 Å². The van der Waals surface area contributed by atoms with Crippen molar-refractivity contribution in [2.45, 2.75) is 0 Å². The fourth-order valence-corrected chi connectivity index (χ4v) is 6.63. The van der Waals surface area contributed by atoms with Crippen molar-refractivity contribution in [2.24, 2.45) is 0 Å². The number of hydrogen-bond donors (Lipinski definition) is 0. The van der Waals surface area contributed by atoms with Crippen molar-refractivity contribution < 1.29 is 11.3 Å². The molecule has 8 aromatic carbocycles. The van der Waals surface area contributed by atoms with E-state index in [0.29, 0.717) is 11.1 Å². The Kier molecular flexibility index (Phi) is 5.64. The molecule has 0 fully saturated rings. The van der Waals surface area contributed by atoms with Gasteiger partial charge in [-0.2, -0.15) is 0 Å². The zero-order valence-electron chi connectivity index (χ0n) is 30.9. The van der Waals surface area contributed by atoms with Gasteiger partial charge in [0.05, 0.1) is 6.85 Å². The van der Waals surface area contributed by atoms with Gasteiger partial charge in [0.15, 0.2) is 0 Å². The Morgan fingerprint density at radius 1 is 0.396 bits per heavy atom. The minimum absolute atomic E-state index is 0.168. The summed E-state index contributed by atoms with van der Waals surface area (Å²) < 4.78 is 48.1. The predicted octanol–water partition coefficient (Wildman–Crippen LogP) is 13.2. The van der Waals surface area contributed by atoms with Gasteiger partial charge in [0.2, 0.25) is 0 Å². The number of rotatable bonds is 6. The number of furan rings is 1. The molecule has 0 bridgehead atoms. The smallest absolute Gasteiger partial charge is 0.143 e. The van der Waals surface area contributed by atoms with E-state index in [0.717, 1.165) is 60.9 Å². The van der Waals surface area contributed by atoms with E-state index >= 15 is 0 Å². The second-order valence-electron chi connectivity index (χ2n) is 11.8. The maximum absolute atomic E-state index is 8.56. The molecule has 1 heterocycles. The van der Waals surface area contributed by atoms with Gasteiger partial charge in [-0.25, -0.2) is 0 Å². The fourth-order valence-electron chi connectivity index (χ4n) is 6.63. The molecule has 0 radical (unpaired) electrons. The van der Waals surface area contributed by atoms with Crippen LogP contribution in [-0.2, 0) is 0 Å². The van der Waals surface area contributed by atoms with E-state index in [1.54, 1.807) is 6.07 Å². The van der Waals surface area contributed by atoms with Gasteiger partial charge in [-0.1, -0.05) is 133 Å². The van der Waals surface area contributed by atoms with Gasteiger partial charge >= 0.3 is 0 Å². The Balaban J connectivity index is 1.16. The maximum atomic E-state index is 8.56. The van der Waals surface area contributed by atoms with Crippen LogP contribution in [-0.4, -0.2) is 0 Å². The molecule has 0 aliphatic heterocycles. The topological polar surface area (TPSA) is 16.4 Å². The van der Waals surface area contributed by atoms with Gasteiger partial charge in [-0.15, -0.1) is 0 Å². The summed E-state index contributed by atoms with van der Waals surface area (Å²) >= 11 is 0. The molecule has 0 atom stereocenters. The zero-order chi connectivity index (χ0) is 36.2. The number of para-hydroxylation sites is 1. The molecule has 2 heteroatoms. The largest absolute Gasteiger partial charge is 0.455 e. The van der Waals surface area contributed by atoms with Crippen LogP contribution in [0.1, 0.15) is 6.85 Å². The van der Waals surface area contributed by atoms with Crippen molar-refractivity contribution in [3.8, 4) is 33.4 Å². The number of fused-ring (bicyclic) bond motifs is 5. The lowest BCUT2D eigenvalue weighted by molar-refractivity contribution is 0.673. The average molecular weight is 619 g/mol.